The number of hydrogen-bond donors (Lipinski definition) is 1. The van der Waals surface area contributed by atoms with Crippen molar-refractivity contribution < 1.29 is 5.11 Å². The molecule has 4 atom stereocenters. The summed E-state index contributed by atoms with van der Waals surface area (Å²) in [5, 5.41) is 9.93. The molecule has 2 heteroatoms. The van der Waals surface area contributed by atoms with E-state index in [1.807, 2.05) is 11.8 Å². The summed E-state index contributed by atoms with van der Waals surface area (Å²) in [6, 6.07) is 0. The summed E-state index contributed by atoms with van der Waals surface area (Å²) in [6.45, 7) is 2.32. The summed E-state index contributed by atoms with van der Waals surface area (Å²) in [7, 11) is 0. The molecule has 14 heavy (non-hydrogen) atoms. The van der Waals surface area contributed by atoms with Gasteiger partial charge in [0.25, 0.3) is 0 Å². The van der Waals surface area contributed by atoms with Crippen LogP contribution < -0.4 is 0 Å². The van der Waals surface area contributed by atoms with Gasteiger partial charge in [-0.05, 0) is 29.9 Å². The zero-order valence-electron chi connectivity index (χ0n) is 9.11. The average Bonchev–Trinajstić information content (AvgIpc) is 2.64. The quantitative estimate of drug-likeness (QED) is 0.762. The molecule has 0 aromatic heterocycles. The third-order valence-electron chi connectivity index (χ3n) is 4.14. The van der Waals surface area contributed by atoms with E-state index in [4.69, 9.17) is 0 Å². The third kappa shape index (κ3) is 2.11. The smallest absolute Gasteiger partial charge is 0.0669 e. The summed E-state index contributed by atoms with van der Waals surface area (Å²) in [6.07, 6.45) is 6.92. The molecule has 4 unspecified atom stereocenters. The highest BCUT2D eigenvalue weighted by Crippen LogP contribution is 2.42. The standard InChI is InChI=1S/C12H22OS/c1-2-9-5-3-4-6-10(9)11-7-14-8-12(11)13/h9-13H,2-8H2,1H3. The Morgan fingerprint density at radius 2 is 1.93 bits per heavy atom. The van der Waals surface area contributed by atoms with Gasteiger partial charge in [0, 0.05) is 5.75 Å². The molecule has 1 nitrogen and oxygen atoms in total. The van der Waals surface area contributed by atoms with E-state index in [2.05, 4.69) is 6.92 Å². The van der Waals surface area contributed by atoms with E-state index in [0.717, 1.165) is 17.6 Å². The van der Waals surface area contributed by atoms with Crippen molar-refractivity contribution in [1.29, 1.82) is 0 Å². The molecule has 1 N–H and O–H groups in total. The second-order valence-corrected chi connectivity index (χ2v) is 5.96. The second kappa shape index (κ2) is 4.89. The van der Waals surface area contributed by atoms with Crippen molar-refractivity contribution in [3.63, 3.8) is 0 Å². The van der Waals surface area contributed by atoms with Crippen LogP contribution in [0.2, 0.25) is 0 Å². The van der Waals surface area contributed by atoms with Crippen molar-refractivity contribution in [2.75, 3.05) is 11.5 Å². The van der Waals surface area contributed by atoms with Crippen LogP contribution in [0.1, 0.15) is 39.0 Å². The number of aliphatic hydroxyl groups is 1. The molecule has 0 aromatic rings. The van der Waals surface area contributed by atoms with Gasteiger partial charge in [-0.1, -0.05) is 32.6 Å². The van der Waals surface area contributed by atoms with Gasteiger partial charge in [0.1, 0.15) is 0 Å². The highest BCUT2D eigenvalue weighted by atomic mass is 32.2. The summed E-state index contributed by atoms with van der Waals surface area (Å²) >= 11 is 1.95. The molecular weight excluding hydrogens is 192 g/mol. The molecule has 1 heterocycles. The molecule has 0 radical (unpaired) electrons. The molecule has 0 aromatic carbocycles. The molecule has 2 aliphatic rings. The Hall–Kier alpha value is 0.310. The molecule has 2 rings (SSSR count). The minimum Gasteiger partial charge on any atom is -0.392 e. The minimum atomic E-state index is -0.00264. The van der Waals surface area contributed by atoms with Gasteiger partial charge in [-0.25, -0.2) is 0 Å². The number of rotatable bonds is 2. The van der Waals surface area contributed by atoms with Gasteiger partial charge in [0.2, 0.25) is 0 Å². The van der Waals surface area contributed by atoms with Gasteiger partial charge in [0.05, 0.1) is 6.10 Å². The van der Waals surface area contributed by atoms with Crippen LogP contribution in [0.15, 0.2) is 0 Å². The van der Waals surface area contributed by atoms with Crippen molar-refractivity contribution in [2.24, 2.45) is 17.8 Å². The van der Waals surface area contributed by atoms with Crippen LogP contribution in [0.25, 0.3) is 0 Å². The summed E-state index contributed by atoms with van der Waals surface area (Å²) in [5.41, 5.74) is 0. The van der Waals surface area contributed by atoms with E-state index in [9.17, 15) is 5.11 Å². The van der Waals surface area contributed by atoms with Gasteiger partial charge < -0.3 is 5.11 Å². The highest BCUT2D eigenvalue weighted by Gasteiger charge is 2.37. The lowest BCUT2D eigenvalue weighted by Crippen LogP contribution is -2.33. The van der Waals surface area contributed by atoms with Crippen molar-refractivity contribution in [2.45, 2.75) is 45.1 Å². The first-order valence-electron chi connectivity index (χ1n) is 6.08. The Bertz CT molecular complexity index is 183. The van der Waals surface area contributed by atoms with Crippen LogP contribution in [-0.2, 0) is 0 Å². The van der Waals surface area contributed by atoms with Crippen LogP contribution in [0.5, 0.6) is 0 Å². The first-order chi connectivity index (χ1) is 6.83. The van der Waals surface area contributed by atoms with Gasteiger partial charge in [-0.3, -0.25) is 0 Å². The first kappa shape index (κ1) is 10.8. The predicted octanol–water partition coefficient (Wildman–Crippen LogP) is 2.93. The number of hydrogen-bond acceptors (Lipinski definition) is 2. The lowest BCUT2D eigenvalue weighted by atomic mass is 9.70. The van der Waals surface area contributed by atoms with E-state index in [-0.39, 0.29) is 6.10 Å². The van der Waals surface area contributed by atoms with E-state index >= 15 is 0 Å². The maximum atomic E-state index is 9.93. The van der Waals surface area contributed by atoms with E-state index < -0.39 is 0 Å². The van der Waals surface area contributed by atoms with Crippen LogP contribution >= 0.6 is 11.8 Å². The number of aliphatic hydroxyl groups excluding tert-OH is 1. The van der Waals surface area contributed by atoms with Gasteiger partial charge >= 0.3 is 0 Å². The Balaban J connectivity index is 1.99. The monoisotopic (exact) mass is 214 g/mol. The Morgan fingerprint density at radius 3 is 2.57 bits per heavy atom. The lowest BCUT2D eigenvalue weighted by Gasteiger charge is -2.36. The largest absolute Gasteiger partial charge is 0.392 e. The molecule has 1 aliphatic heterocycles. The maximum absolute atomic E-state index is 9.93. The zero-order valence-corrected chi connectivity index (χ0v) is 9.93. The molecule has 0 spiro atoms. The molecule has 2 fully saturated rings. The average molecular weight is 214 g/mol. The molecule has 82 valence electrons. The normalized spacial score (nSPS) is 44.1. The van der Waals surface area contributed by atoms with Gasteiger partial charge in [0.15, 0.2) is 0 Å². The van der Waals surface area contributed by atoms with E-state index in [1.165, 1.54) is 37.9 Å². The Morgan fingerprint density at radius 1 is 1.14 bits per heavy atom. The molecule has 0 amide bonds. The molecule has 1 saturated heterocycles. The fourth-order valence-corrected chi connectivity index (χ4v) is 4.64. The van der Waals surface area contributed by atoms with Gasteiger partial charge in [-0.2, -0.15) is 11.8 Å². The van der Waals surface area contributed by atoms with Crippen LogP contribution in [0, 0.1) is 17.8 Å². The van der Waals surface area contributed by atoms with Crippen molar-refractivity contribution in [3.05, 3.63) is 0 Å². The molecule has 1 aliphatic carbocycles. The van der Waals surface area contributed by atoms with Crippen molar-refractivity contribution in [1.82, 2.24) is 0 Å². The topological polar surface area (TPSA) is 20.2 Å². The lowest BCUT2D eigenvalue weighted by molar-refractivity contribution is 0.0660. The summed E-state index contributed by atoms with van der Waals surface area (Å²) in [4.78, 5) is 0. The number of thioether (sulfide) groups is 1. The Kier molecular flexibility index (Phi) is 3.78. The fourth-order valence-electron chi connectivity index (χ4n) is 3.28. The molecule has 1 saturated carbocycles. The Labute approximate surface area is 91.7 Å². The molecular formula is C12H22OS. The van der Waals surface area contributed by atoms with Gasteiger partial charge in [-0.15, -0.1) is 0 Å². The highest BCUT2D eigenvalue weighted by molar-refractivity contribution is 7.99. The van der Waals surface area contributed by atoms with Crippen molar-refractivity contribution in [3.8, 4) is 0 Å². The predicted molar refractivity (Wildman–Crippen MR) is 62.6 cm³/mol. The maximum Gasteiger partial charge on any atom is 0.0669 e. The fraction of sp³-hybridized carbons (Fsp3) is 1.00. The SMILES string of the molecule is CCC1CCCCC1C1CSCC1O. The third-order valence-corrected chi connectivity index (χ3v) is 5.33. The van der Waals surface area contributed by atoms with Crippen LogP contribution in [0.3, 0.4) is 0 Å². The first-order valence-corrected chi connectivity index (χ1v) is 7.24. The van der Waals surface area contributed by atoms with E-state index in [1.54, 1.807) is 0 Å². The minimum absolute atomic E-state index is 0.00264. The van der Waals surface area contributed by atoms with Crippen molar-refractivity contribution >= 4 is 11.8 Å². The van der Waals surface area contributed by atoms with Crippen LogP contribution in [-0.4, -0.2) is 22.7 Å². The molecule has 0 bridgehead atoms. The zero-order chi connectivity index (χ0) is 9.97. The van der Waals surface area contributed by atoms with Crippen LogP contribution in [0.4, 0.5) is 0 Å². The summed E-state index contributed by atoms with van der Waals surface area (Å²) in [5.74, 6) is 4.55. The summed E-state index contributed by atoms with van der Waals surface area (Å²) < 4.78 is 0. The second-order valence-electron chi connectivity index (χ2n) is 4.89. The van der Waals surface area contributed by atoms with E-state index in [0.29, 0.717) is 5.92 Å².